The second-order valence-corrected chi connectivity index (χ2v) is 11.1. The van der Waals surface area contributed by atoms with Gasteiger partial charge in [-0.25, -0.2) is 4.79 Å². The highest BCUT2D eigenvalue weighted by molar-refractivity contribution is 6.70. The lowest BCUT2D eigenvalue weighted by atomic mass is 10.1. The van der Waals surface area contributed by atoms with Crippen molar-refractivity contribution in [1.29, 1.82) is 0 Å². The highest BCUT2D eigenvalue weighted by atomic mass is 28.4. The number of ether oxygens (including phenoxy) is 1. The quantitative estimate of drug-likeness (QED) is 0.467. The molecule has 1 rings (SSSR count). The number of hydrogen-bond acceptors (Lipinski definition) is 3. The van der Waals surface area contributed by atoms with Gasteiger partial charge in [0.25, 0.3) is 0 Å². The maximum atomic E-state index is 11.9. The third-order valence-corrected chi connectivity index (χ3v) is 3.13. The minimum atomic E-state index is -1.66. The van der Waals surface area contributed by atoms with Crippen LogP contribution in [-0.4, -0.2) is 19.9 Å². The highest BCUT2D eigenvalue weighted by Crippen LogP contribution is 2.20. The van der Waals surface area contributed by atoms with Crippen molar-refractivity contribution in [2.75, 3.05) is 0 Å². The van der Waals surface area contributed by atoms with E-state index in [1.54, 1.807) is 12.1 Å². The van der Waals surface area contributed by atoms with Crippen LogP contribution in [-0.2, 0) is 9.16 Å². The molecule has 0 saturated carbocycles. The Balaban J connectivity index is 2.79. The van der Waals surface area contributed by atoms with Gasteiger partial charge >= 0.3 is 5.97 Å². The molecule has 3 nitrogen and oxygen atoms in total. The van der Waals surface area contributed by atoms with E-state index in [0.29, 0.717) is 11.3 Å². The fraction of sp³-hybridized carbons (Fsp3) is 0.438. The molecule has 0 aliphatic rings. The fourth-order valence-corrected chi connectivity index (χ4v) is 2.41. The van der Waals surface area contributed by atoms with Gasteiger partial charge < -0.3 is 9.16 Å². The van der Waals surface area contributed by atoms with Gasteiger partial charge in [0.1, 0.15) is 11.4 Å². The largest absolute Gasteiger partial charge is 0.544 e. The number of rotatable bonds is 4. The van der Waals surface area contributed by atoms with Gasteiger partial charge in [-0.1, -0.05) is 18.7 Å². The molecule has 0 bridgehead atoms. The molecule has 0 aliphatic heterocycles. The van der Waals surface area contributed by atoms with E-state index in [4.69, 9.17) is 9.16 Å². The predicted octanol–water partition coefficient (Wildman–Crippen LogP) is 4.46. The van der Waals surface area contributed by atoms with E-state index < -0.39 is 13.9 Å². The Morgan fingerprint density at radius 3 is 1.90 bits per heavy atom. The van der Waals surface area contributed by atoms with Crippen molar-refractivity contribution in [2.45, 2.75) is 46.0 Å². The van der Waals surface area contributed by atoms with Crippen molar-refractivity contribution in [3.05, 3.63) is 42.0 Å². The van der Waals surface area contributed by atoms with Crippen LogP contribution in [0.3, 0.4) is 0 Å². The fourth-order valence-electron chi connectivity index (χ4n) is 1.56. The molecule has 0 spiro atoms. The number of carbonyl (C=O) groups excluding carboxylic acids is 1. The van der Waals surface area contributed by atoms with Crippen LogP contribution in [0.2, 0.25) is 19.6 Å². The van der Waals surface area contributed by atoms with Crippen molar-refractivity contribution in [3.8, 4) is 0 Å². The molecule has 20 heavy (non-hydrogen) atoms. The normalized spacial score (nSPS) is 11.9. The van der Waals surface area contributed by atoms with Crippen LogP contribution in [0.25, 0.3) is 5.76 Å². The monoisotopic (exact) mass is 292 g/mol. The highest BCUT2D eigenvalue weighted by Gasteiger charge is 2.19. The van der Waals surface area contributed by atoms with Crippen molar-refractivity contribution < 1.29 is 14.0 Å². The Hall–Kier alpha value is -1.55. The molecule has 0 amide bonds. The summed E-state index contributed by atoms with van der Waals surface area (Å²) in [5.74, 6) is 0.334. The van der Waals surface area contributed by atoms with Gasteiger partial charge in [-0.2, -0.15) is 0 Å². The average Bonchev–Trinajstić information content (AvgIpc) is 2.24. The molecular weight excluding hydrogens is 268 g/mol. The Bertz CT molecular complexity index is 443. The number of benzene rings is 1. The third kappa shape index (κ3) is 5.61. The summed E-state index contributed by atoms with van der Waals surface area (Å²) in [6.45, 7) is 15.8. The third-order valence-electron chi connectivity index (χ3n) is 2.27. The Labute approximate surface area is 122 Å². The van der Waals surface area contributed by atoms with Crippen LogP contribution < -0.4 is 0 Å². The maximum absolute atomic E-state index is 11.9. The van der Waals surface area contributed by atoms with Crippen LogP contribution in [0, 0.1) is 0 Å². The van der Waals surface area contributed by atoms with Crippen LogP contribution in [0.1, 0.15) is 36.7 Å². The second kappa shape index (κ2) is 5.83. The van der Waals surface area contributed by atoms with Gasteiger partial charge in [0, 0.05) is 5.56 Å². The summed E-state index contributed by atoms with van der Waals surface area (Å²) >= 11 is 0. The van der Waals surface area contributed by atoms with E-state index >= 15 is 0 Å². The Morgan fingerprint density at radius 1 is 1.05 bits per heavy atom. The molecule has 4 heteroatoms. The molecule has 0 aliphatic carbocycles. The minimum absolute atomic E-state index is 0.319. The van der Waals surface area contributed by atoms with Crippen LogP contribution in [0.15, 0.2) is 30.8 Å². The number of hydrogen-bond donors (Lipinski definition) is 0. The predicted molar refractivity (Wildman–Crippen MR) is 85.1 cm³/mol. The van der Waals surface area contributed by atoms with Crippen molar-refractivity contribution in [2.24, 2.45) is 0 Å². The average molecular weight is 292 g/mol. The van der Waals surface area contributed by atoms with E-state index in [0.717, 1.165) is 5.56 Å². The maximum Gasteiger partial charge on any atom is 0.338 e. The van der Waals surface area contributed by atoms with Crippen molar-refractivity contribution in [3.63, 3.8) is 0 Å². The van der Waals surface area contributed by atoms with Gasteiger partial charge in [0.15, 0.2) is 0 Å². The molecule has 1 aromatic carbocycles. The molecule has 0 fully saturated rings. The Kier molecular flexibility index (Phi) is 4.81. The van der Waals surface area contributed by atoms with Gasteiger partial charge in [0.2, 0.25) is 8.32 Å². The topological polar surface area (TPSA) is 35.5 Å². The summed E-state index contributed by atoms with van der Waals surface area (Å²) in [5.41, 5.74) is 0.935. The van der Waals surface area contributed by atoms with Crippen LogP contribution in [0.4, 0.5) is 0 Å². The molecule has 1 aromatic rings. The summed E-state index contributed by atoms with van der Waals surface area (Å²) in [4.78, 5) is 11.9. The second-order valence-electron chi connectivity index (χ2n) is 6.72. The molecule has 0 N–H and O–H groups in total. The summed E-state index contributed by atoms with van der Waals surface area (Å²) in [5, 5.41) is 0. The van der Waals surface area contributed by atoms with E-state index in [1.165, 1.54) is 0 Å². The van der Waals surface area contributed by atoms with E-state index in [2.05, 4.69) is 26.2 Å². The lowest BCUT2D eigenvalue weighted by Crippen LogP contribution is -2.24. The zero-order valence-electron chi connectivity index (χ0n) is 13.2. The molecule has 0 heterocycles. The first-order valence-corrected chi connectivity index (χ1v) is 10.1. The molecular formula is C16H24O3Si. The van der Waals surface area contributed by atoms with Crippen molar-refractivity contribution in [1.82, 2.24) is 0 Å². The zero-order valence-corrected chi connectivity index (χ0v) is 14.2. The van der Waals surface area contributed by atoms with Gasteiger partial charge in [-0.3, -0.25) is 0 Å². The molecule has 0 atom stereocenters. The molecule has 110 valence electrons. The smallest absolute Gasteiger partial charge is 0.338 e. The number of carbonyl (C=O) groups is 1. The summed E-state index contributed by atoms with van der Waals surface area (Å²) in [6, 6.07) is 7.15. The zero-order chi connectivity index (χ0) is 15.6. The van der Waals surface area contributed by atoms with Gasteiger partial charge in [-0.05, 0) is 52.5 Å². The SMILES string of the molecule is C=C(O[Si](C)(C)C)c1ccc(C(=O)OC(C)(C)C)cc1. The van der Waals surface area contributed by atoms with Crippen molar-refractivity contribution >= 4 is 20.0 Å². The summed E-state index contributed by atoms with van der Waals surface area (Å²) in [6.07, 6.45) is 0. The molecule has 0 aromatic heterocycles. The summed E-state index contributed by atoms with van der Waals surface area (Å²) < 4.78 is 11.2. The standard InChI is InChI=1S/C16H24O3Si/c1-12(19-20(5,6)7)13-8-10-14(11-9-13)15(17)18-16(2,3)4/h8-11H,1H2,2-7H3. The molecule has 0 radical (unpaired) electrons. The molecule has 0 unspecified atom stereocenters. The Morgan fingerprint density at radius 2 is 1.50 bits per heavy atom. The first-order chi connectivity index (χ1) is 8.98. The van der Waals surface area contributed by atoms with Gasteiger partial charge in [-0.15, -0.1) is 0 Å². The number of esters is 1. The first-order valence-electron chi connectivity index (χ1n) is 6.70. The first kappa shape index (κ1) is 16.5. The van der Waals surface area contributed by atoms with E-state index in [9.17, 15) is 4.79 Å². The minimum Gasteiger partial charge on any atom is -0.544 e. The van der Waals surface area contributed by atoms with Crippen LogP contribution >= 0.6 is 0 Å². The van der Waals surface area contributed by atoms with Crippen LogP contribution in [0.5, 0.6) is 0 Å². The molecule has 0 saturated heterocycles. The van der Waals surface area contributed by atoms with E-state index in [1.807, 2.05) is 32.9 Å². The van der Waals surface area contributed by atoms with E-state index in [-0.39, 0.29) is 5.97 Å². The summed E-state index contributed by atoms with van der Waals surface area (Å²) in [7, 11) is -1.66. The lowest BCUT2D eigenvalue weighted by Gasteiger charge is -2.21. The van der Waals surface area contributed by atoms with Gasteiger partial charge in [0.05, 0.1) is 5.56 Å². The lowest BCUT2D eigenvalue weighted by molar-refractivity contribution is 0.00695.